The van der Waals surface area contributed by atoms with Crippen molar-refractivity contribution in [1.29, 1.82) is 5.26 Å². The van der Waals surface area contributed by atoms with E-state index in [9.17, 15) is 0 Å². The van der Waals surface area contributed by atoms with Crippen molar-refractivity contribution in [1.82, 2.24) is 9.97 Å². The van der Waals surface area contributed by atoms with Crippen LogP contribution in [0.5, 0.6) is 0 Å². The van der Waals surface area contributed by atoms with E-state index in [1.165, 1.54) is 0 Å². The zero-order valence-electron chi connectivity index (χ0n) is 8.88. The third-order valence-corrected chi connectivity index (χ3v) is 2.72. The van der Waals surface area contributed by atoms with Gasteiger partial charge in [0.15, 0.2) is 0 Å². The molecule has 80 valence electrons. The van der Waals surface area contributed by atoms with Crippen molar-refractivity contribution in [3.8, 4) is 6.07 Å². The lowest BCUT2D eigenvalue weighted by Gasteiger charge is -2.04. The molecule has 0 radical (unpaired) electrons. The average molecular weight is 220 g/mol. The van der Waals surface area contributed by atoms with Gasteiger partial charge in [-0.1, -0.05) is 18.2 Å². The highest BCUT2D eigenvalue weighted by Gasteiger charge is 2.06. The van der Waals surface area contributed by atoms with Crippen molar-refractivity contribution in [3.05, 3.63) is 42.1 Å². The number of fused-ring (bicyclic) bond motifs is 3. The number of nitriles is 1. The molecular weight excluding hydrogens is 212 g/mol. The normalized spacial score (nSPS) is 10.5. The third kappa shape index (κ3) is 1.37. The van der Waals surface area contributed by atoms with E-state index in [4.69, 9.17) is 11.0 Å². The number of pyridine rings is 2. The van der Waals surface area contributed by atoms with E-state index in [1.54, 1.807) is 12.3 Å². The van der Waals surface area contributed by atoms with Crippen LogP contribution in [0.25, 0.3) is 21.8 Å². The highest BCUT2D eigenvalue weighted by atomic mass is 14.9. The Labute approximate surface area is 97.3 Å². The Hall–Kier alpha value is -2.67. The van der Waals surface area contributed by atoms with Crippen molar-refractivity contribution in [2.45, 2.75) is 0 Å². The van der Waals surface area contributed by atoms with E-state index in [0.29, 0.717) is 11.1 Å². The van der Waals surface area contributed by atoms with Crippen LogP contribution in [-0.4, -0.2) is 9.97 Å². The number of benzene rings is 1. The fourth-order valence-electron chi connectivity index (χ4n) is 1.89. The van der Waals surface area contributed by atoms with Crippen LogP contribution in [0.4, 0.5) is 5.82 Å². The fourth-order valence-corrected chi connectivity index (χ4v) is 1.89. The molecule has 4 nitrogen and oxygen atoms in total. The lowest BCUT2D eigenvalue weighted by atomic mass is 10.1. The number of nitrogens with zero attached hydrogens (tertiary/aromatic N) is 3. The van der Waals surface area contributed by atoms with E-state index in [-0.39, 0.29) is 5.82 Å². The van der Waals surface area contributed by atoms with Gasteiger partial charge in [0.05, 0.1) is 22.8 Å². The Bertz CT molecular complexity index is 771. The van der Waals surface area contributed by atoms with Crippen LogP contribution in [0, 0.1) is 11.3 Å². The van der Waals surface area contributed by atoms with Gasteiger partial charge in [-0.2, -0.15) is 5.26 Å². The number of nitrogens with two attached hydrogens (primary N) is 1. The Morgan fingerprint density at radius 2 is 1.94 bits per heavy atom. The fraction of sp³-hybridized carbons (Fsp3) is 0. The smallest absolute Gasteiger partial charge is 0.142 e. The molecule has 0 unspecified atom stereocenters. The minimum Gasteiger partial charge on any atom is -0.383 e. The summed E-state index contributed by atoms with van der Waals surface area (Å²) in [6, 6.07) is 11.6. The number of aromatic nitrogens is 2. The molecule has 0 amide bonds. The number of rotatable bonds is 0. The predicted molar refractivity (Wildman–Crippen MR) is 66.2 cm³/mol. The van der Waals surface area contributed by atoms with E-state index >= 15 is 0 Å². The first-order chi connectivity index (χ1) is 8.29. The first-order valence-electron chi connectivity index (χ1n) is 5.13. The standard InChI is InChI=1S/C13H8N4/c14-6-8-5-10-9-3-1-2-4-11(9)16-7-12(10)17-13(8)15/h1-5,7H,(H2,15,17). The lowest BCUT2D eigenvalue weighted by Crippen LogP contribution is -1.96. The van der Waals surface area contributed by atoms with Gasteiger partial charge in [-0.25, -0.2) is 4.98 Å². The van der Waals surface area contributed by atoms with Gasteiger partial charge in [0.1, 0.15) is 11.9 Å². The van der Waals surface area contributed by atoms with Gasteiger partial charge >= 0.3 is 0 Å². The number of anilines is 1. The van der Waals surface area contributed by atoms with Crippen molar-refractivity contribution in [2.75, 3.05) is 5.73 Å². The second-order valence-corrected chi connectivity index (χ2v) is 3.74. The van der Waals surface area contributed by atoms with E-state index in [2.05, 4.69) is 9.97 Å². The molecule has 0 saturated carbocycles. The van der Waals surface area contributed by atoms with Crippen molar-refractivity contribution in [2.24, 2.45) is 0 Å². The topological polar surface area (TPSA) is 75.6 Å². The molecule has 17 heavy (non-hydrogen) atoms. The largest absolute Gasteiger partial charge is 0.383 e. The maximum absolute atomic E-state index is 8.96. The van der Waals surface area contributed by atoms with Gasteiger partial charge in [-0.3, -0.25) is 4.98 Å². The molecular formula is C13H8N4. The van der Waals surface area contributed by atoms with Gasteiger partial charge in [0, 0.05) is 10.8 Å². The van der Waals surface area contributed by atoms with E-state index in [1.807, 2.05) is 30.3 Å². The molecule has 4 heteroatoms. The van der Waals surface area contributed by atoms with Gasteiger partial charge in [0.25, 0.3) is 0 Å². The molecule has 0 aliphatic rings. The van der Waals surface area contributed by atoms with Gasteiger partial charge < -0.3 is 5.73 Å². The van der Waals surface area contributed by atoms with E-state index < -0.39 is 0 Å². The number of hydrogen-bond acceptors (Lipinski definition) is 4. The Morgan fingerprint density at radius 3 is 2.76 bits per heavy atom. The van der Waals surface area contributed by atoms with Crippen LogP contribution in [0.15, 0.2) is 36.5 Å². The molecule has 2 aromatic heterocycles. The summed E-state index contributed by atoms with van der Waals surface area (Å²) in [7, 11) is 0. The zero-order chi connectivity index (χ0) is 11.8. The van der Waals surface area contributed by atoms with Gasteiger partial charge in [-0.15, -0.1) is 0 Å². The SMILES string of the molecule is N#Cc1cc2c(cnc3ccccc32)nc1N. The molecule has 0 aliphatic carbocycles. The molecule has 0 atom stereocenters. The molecule has 3 aromatic rings. The molecule has 1 aromatic carbocycles. The van der Waals surface area contributed by atoms with Crippen LogP contribution in [0.3, 0.4) is 0 Å². The van der Waals surface area contributed by atoms with Gasteiger partial charge in [0.2, 0.25) is 0 Å². The lowest BCUT2D eigenvalue weighted by molar-refractivity contribution is 1.34. The average Bonchev–Trinajstić information content (AvgIpc) is 2.37. The van der Waals surface area contributed by atoms with Crippen LogP contribution in [0.2, 0.25) is 0 Å². The Kier molecular flexibility index (Phi) is 1.92. The van der Waals surface area contributed by atoms with E-state index in [0.717, 1.165) is 16.3 Å². The third-order valence-electron chi connectivity index (χ3n) is 2.72. The summed E-state index contributed by atoms with van der Waals surface area (Å²) in [6.45, 7) is 0. The molecule has 0 spiro atoms. The first kappa shape index (κ1) is 9.55. The molecule has 3 rings (SSSR count). The minimum absolute atomic E-state index is 0.247. The monoisotopic (exact) mass is 220 g/mol. The molecule has 0 bridgehead atoms. The highest BCUT2D eigenvalue weighted by Crippen LogP contribution is 2.24. The maximum atomic E-state index is 8.96. The summed E-state index contributed by atoms with van der Waals surface area (Å²) in [5.41, 5.74) is 7.67. The minimum atomic E-state index is 0.247. The zero-order valence-corrected chi connectivity index (χ0v) is 8.88. The second-order valence-electron chi connectivity index (χ2n) is 3.74. The summed E-state index contributed by atoms with van der Waals surface area (Å²) in [5.74, 6) is 0.247. The quantitative estimate of drug-likeness (QED) is 0.589. The number of para-hydroxylation sites is 1. The summed E-state index contributed by atoms with van der Waals surface area (Å²) < 4.78 is 0. The summed E-state index contributed by atoms with van der Waals surface area (Å²) in [4.78, 5) is 8.49. The molecule has 0 fully saturated rings. The Balaban J connectivity index is 2.54. The summed E-state index contributed by atoms with van der Waals surface area (Å²) in [6.07, 6.45) is 1.68. The van der Waals surface area contributed by atoms with Crippen LogP contribution >= 0.6 is 0 Å². The van der Waals surface area contributed by atoms with Crippen molar-refractivity contribution in [3.63, 3.8) is 0 Å². The Morgan fingerprint density at radius 1 is 1.12 bits per heavy atom. The summed E-state index contributed by atoms with van der Waals surface area (Å²) in [5, 5.41) is 10.8. The number of nitrogen functional groups attached to an aromatic ring is 1. The van der Waals surface area contributed by atoms with Crippen molar-refractivity contribution >= 4 is 27.6 Å². The van der Waals surface area contributed by atoms with Crippen molar-refractivity contribution < 1.29 is 0 Å². The first-order valence-corrected chi connectivity index (χ1v) is 5.13. The predicted octanol–water partition coefficient (Wildman–Crippen LogP) is 2.24. The van der Waals surface area contributed by atoms with Crippen LogP contribution in [-0.2, 0) is 0 Å². The molecule has 0 aliphatic heterocycles. The molecule has 0 saturated heterocycles. The molecule has 2 N–H and O–H groups in total. The summed E-state index contributed by atoms with van der Waals surface area (Å²) >= 11 is 0. The number of hydrogen-bond donors (Lipinski definition) is 1. The van der Waals surface area contributed by atoms with Crippen LogP contribution < -0.4 is 5.73 Å². The highest BCUT2D eigenvalue weighted by molar-refractivity contribution is 6.04. The maximum Gasteiger partial charge on any atom is 0.142 e. The second kappa shape index (κ2) is 3.42. The molecule has 2 heterocycles. The van der Waals surface area contributed by atoms with Gasteiger partial charge in [-0.05, 0) is 12.1 Å². The van der Waals surface area contributed by atoms with Crippen LogP contribution in [0.1, 0.15) is 5.56 Å².